The fourth-order valence-corrected chi connectivity index (χ4v) is 33.9. The van der Waals surface area contributed by atoms with Crippen LogP contribution < -0.4 is 0 Å². The lowest BCUT2D eigenvalue weighted by molar-refractivity contribution is 0.668. The zero-order valence-corrected chi connectivity index (χ0v) is 22.8. The average molecular weight is 444 g/mol. The second-order valence-corrected chi connectivity index (χ2v) is 30.2. The van der Waals surface area contributed by atoms with Crippen molar-refractivity contribution in [1.29, 1.82) is 0 Å². The minimum absolute atomic E-state index is 0.812. The molecular formula is C16H40Cl2N2Si4. The lowest BCUT2D eigenvalue weighted by Gasteiger charge is -2.38. The van der Waals surface area contributed by atoms with Crippen LogP contribution in [0.15, 0.2) is 0 Å². The highest BCUT2D eigenvalue weighted by molar-refractivity contribution is 6.95. The van der Waals surface area contributed by atoms with Crippen molar-refractivity contribution >= 4 is 56.1 Å². The molecule has 2 aliphatic heterocycles. The van der Waals surface area contributed by atoms with Crippen molar-refractivity contribution in [2.45, 2.75) is 76.6 Å². The Morgan fingerprint density at radius 1 is 0.542 bits per heavy atom. The summed E-state index contributed by atoms with van der Waals surface area (Å²) in [6.45, 7) is 22.2. The summed E-state index contributed by atoms with van der Waals surface area (Å²) in [5.41, 5.74) is 0. The first-order chi connectivity index (χ1) is 10.8. The molecule has 24 heavy (non-hydrogen) atoms. The van der Waals surface area contributed by atoms with Crippen LogP contribution in [0.5, 0.6) is 0 Å². The van der Waals surface area contributed by atoms with E-state index in [0.29, 0.717) is 0 Å². The van der Waals surface area contributed by atoms with Crippen LogP contribution in [0, 0.1) is 0 Å². The molecule has 0 atom stereocenters. The summed E-state index contributed by atoms with van der Waals surface area (Å²) in [6.07, 6.45) is 0. The van der Waals surface area contributed by atoms with E-state index in [1.807, 2.05) is 0 Å². The van der Waals surface area contributed by atoms with E-state index in [4.69, 9.17) is 23.2 Å². The maximum Gasteiger partial charge on any atom is 0.115 e. The molecule has 8 heteroatoms. The Morgan fingerprint density at radius 2 is 0.750 bits per heavy atom. The molecule has 0 aromatic heterocycles. The van der Waals surface area contributed by atoms with Crippen LogP contribution in [0.4, 0.5) is 0 Å². The van der Waals surface area contributed by atoms with E-state index in [2.05, 4.69) is 60.8 Å². The van der Waals surface area contributed by atoms with Crippen molar-refractivity contribution < 1.29 is 0 Å². The van der Waals surface area contributed by atoms with Crippen molar-refractivity contribution in [3.63, 3.8) is 0 Å². The van der Waals surface area contributed by atoms with Crippen LogP contribution in [0.3, 0.4) is 0 Å². The summed E-state index contributed by atoms with van der Waals surface area (Å²) in [5, 5.41) is 0. The third-order valence-electron chi connectivity index (χ3n) is 6.24. The highest BCUT2D eigenvalue weighted by Gasteiger charge is 2.47. The number of alkyl halides is 2. The molecule has 144 valence electrons. The van der Waals surface area contributed by atoms with Crippen LogP contribution >= 0.6 is 23.2 Å². The van der Waals surface area contributed by atoms with Crippen LogP contribution in [0.2, 0.25) is 76.6 Å². The van der Waals surface area contributed by atoms with Gasteiger partial charge in [-0.3, -0.25) is 0 Å². The third-order valence-corrected chi connectivity index (χ3v) is 27.5. The van der Waals surface area contributed by atoms with Crippen LogP contribution in [0.1, 0.15) is 0 Å². The third kappa shape index (κ3) is 5.68. The van der Waals surface area contributed by atoms with Gasteiger partial charge in [0.15, 0.2) is 0 Å². The molecule has 2 fully saturated rings. The Balaban J connectivity index is 0.000000240. The molecule has 2 heterocycles. The van der Waals surface area contributed by atoms with Crippen molar-refractivity contribution in [1.82, 2.24) is 8.46 Å². The van der Waals surface area contributed by atoms with Crippen LogP contribution in [-0.4, -0.2) is 66.3 Å². The second kappa shape index (κ2) is 8.59. The Hall–Kier alpha value is 1.37. The molecule has 0 amide bonds. The first-order valence-corrected chi connectivity index (χ1v) is 23.2. The zero-order chi connectivity index (χ0) is 18.8. The molecule has 0 aromatic carbocycles. The Morgan fingerprint density at radius 3 is 0.917 bits per heavy atom. The van der Waals surface area contributed by atoms with Gasteiger partial charge in [0.25, 0.3) is 0 Å². The van der Waals surface area contributed by atoms with Crippen LogP contribution in [-0.2, 0) is 0 Å². The van der Waals surface area contributed by atoms with Gasteiger partial charge in [0.1, 0.15) is 32.9 Å². The maximum atomic E-state index is 5.84. The van der Waals surface area contributed by atoms with E-state index in [9.17, 15) is 0 Å². The van der Waals surface area contributed by atoms with E-state index < -0.39 is 32.9 Å². The SMILES string of the molecule is C[Si]1(C)CC[Si](C)(C)N1CCCl.C[Si]1(C)CC[Si](C)(C)N1CCCl. The number of nitrogens with zero attached hydrogens (tertiary/aromatic N) is 2. The fourth-order valence-electron chi connectivity index (χ4n) is 4.78. The van der Waals surface area contributed by atoms with Gasteiger partial charge in [0, 0.05) is 11.8 Å². The molecule has 0 bridgehead atoms. The van der Waals surface area contributed by atoms with Gasteiger partial charge in [0.2, 0.25) is 0 Å². The largest absolute Gasteiger partial charge is 0.344 e. The van der Waals surface area contributed by atoms with Gasteiger partial charge < -0.3 is 8.46 Å². The van der Waals surface area contributed by atoms with E-state index in [-0.39, 0.29) is 0 Å². The topological polar surface area (TPSA) is 6.48 Å². The molecule has 2 saturated heterocycles. The summed E-state index contributed by atoms with van der Waals surface area (Å²) in [5.74, 6) is 1.62. The monoisotopic (exact) mass is 442 g/mol. The number of hydrogen-bond donors (Lipinski definition) is 0. The van der Waals surface area contributed by atoms with E-state index >= 15 is 0 Å². The molecule has 0 aliphatic carbocycles. The first-order valence-electron chi connectivity index (χ1n) is 9.48. The maximum absolute atomic E-state index is 5.84. The van der Waals surface area contributed by atoms with Gasteiger partial charge in [-0.1, -0.05) is 52.4 Å². The van der Waals surface area contributed by atoms with Gasteiger partial charge in [-0.25, -0.2) is 0 Å². The molecule has 0 saturated carbocycles. The molecule has 2 aliphatic rings. The summed E-state index contributed by atoms with van der Waals surface area (Å²) >= 11 is 11.7. The van der Waals surface area contributed by atoms with Gasteiger partial charge in [-0.05, 0) is 37.3 Å². The molecule has 0 unspecified atom stereocenters. The Bertz CT molecular complexity index is 347. The zero-order valence-electron chi connectivity index (χ0n) is 17.3. The molecule has 2 nitrogen and oxygen atoms in total. The molecule has 0 radical (unpaired) electrons. The molecule has 2 rings (SSSR count). The lowest BCUT2D eigenvalue weighted by Crippen LogP contribution is -2.55. The van der Waals surface area contributed by atoms with Crippen molar-refractivity contribution in [3.05, 3.63) is 0 Å². The van der Waals surface area contributed by atoms with Gasteiger partial charge in [-0.15, -0.1) is 23.2 Å². The standard InChI is InChI=1S/2C8H20ClNSi2/c2*1-11(2)7-8-12(3,4)10(11)6-5-9/h2*5-8H2,1-4H3. The van der Waals surface area contributed by atoms with Crippen molar-refractivity contribution in [2.24, 2.45) is 0 Å². The van der Waals surface area contributed by atoms with Crippen molar-refractivity contribution in [3.8, 4) is 0 Å². The summed E-state index contributed by atoms with van der Waals surface area (Å²) in [7, 11) is -4.06. The summed E-state index contributed by atoms with van der Waals surface area (Å²) in [4.78, 5) is 0. The predicted octanol–water partition coefficient (Wildman–Crippen LogP) is 5.90. The minimum Gasteiger partial charge on any atom is -0.344 e. The summed E-state index contributed by atoms with van der Waals surface area (Å²) < 4.78 is 5.62. The summed E-state index contributed by atoms with van der Waals surface area (Å²) in [6, 6.07) is 5.96. The first kappa shape index (κ1) is 23.4. The van der Waals surface area contributed by atoms with E-state index in [1.54, 1.807) is 0 Å². The van der Waals surface area contributed by atoms with E-state index in [1.165, 1.54) is 24.2 Å². The lowest BCUT2D eigenvalue weighted by atomic mass is 10.8. The van der Waals surface area contributed by atoms with Gasteiger partial charge in [0.05, 0.1) is 0 Å². The quantitative estimate of drug-likeness (QED) is 0.394. The molecule has 0 aromatic rings. The minimum atomic E-state index is -1.02. The van der Waals surface area contributed by atoms with E-state index in [0.717, 1.165) is 24.8 Å². The van der Waals surface area contributed by atoms with Gasteiger partial charge in [-0.2, -0.15) is 0 Å². The average Bonchev–Trinajstić information content (AvgIpc) is 2.78. The highest BCUT2D eigenvalue weighted by atomic mass is 35.5. The fraction of sp³-hybridized carbons (Fsp3) is 1.00. The van der Waals surface area contributed by atoms with Gasteiger partial charge >= 0.3 is 0 Å². The Kier molecular flexibility index (Phi) is 8.37. The van der Waals surface area contributed by atoms with Crippen molar-refractivity contribution in [2.75, 3.05) is 24.8 Å². The Labute approximate surface area is 165 Å². The molecule has 0 spiro atoms. The number of rotatable bonds is 4. The second-order valence-electron chi connectivity index (χ2n) is 9.93. The number of hydrogen-bond acceptors (Lipinski definition) is 2. The smallest absolute Gasteiger partial charge is 0.115 e. The predicted molar refractivity (Wildman–Crippen MR) is 124 cm³/mol. The van der Waals surface area contributed by atoms with Crippen LogP contribution in [0.25, 0.3) is 0 Å². The number of halogens is 2. The highest BCUT2D eigenvalue weighted by Crippen LogP contribution is 2.37. The normalized spacial score (nSPS) is 27.8. The molecular weight excluding hydrogens is 403 g/mol. The molecule has 0 N–H and O–H groups in total.